The van der Waals surface area contributed by atoms with Crippen molar-refractivity contribution in [1.82, 2.24) is 9.78 Å². The lowest BCUT2D eigenvalue weighted by Crippen LogP contribution is -2.60. The second-order valence-electron chi connectivity index (χ2n) is 9.09. The van der Waals surface area contributed by atoms with Gasteiger partial charge in [0.05, 0.1) is 25.1 Å². The van der Waals surface area contributed by atoms with Gasteiger partial charge in [0.15, 0.2) is 0 Å². The maximum Gasteiger partial charge on any atom is 0.239 e. The van der Waals surface area contributed by atoms with E-state index in [2.05, 4.69) is 0 Å². The summed E-state index contributed by atoms with van der Waals surface area (Å²) < 4.78 is 18.8. The first-order valence-corrected chi connectivity index (χ1v) is 12.3. The molecule has 2 heterocycles. The van der Waals surface area contributed by atoms with E-state index in [1.54, 1.807) is 11.8 Å². The van der Waals surface area contributed by atoms with Crippen molar-refractivity contribution >= 4 is 0 Å². The molecule has 1 aliphatic heterocycles. The molecule has 38 heavy (non-hydrogen) atoms. The first-order chi connectivity index (χ1) is 18.5. The molecule has 0 unspecified atom stereocenters. The summed E-state index contributed by atoms with van der Waals surface area (Å²) in [5, 5.41) is 45.6. The van der Waals surface area contributed by atoms with E-state index in [4.69, 9.17) is 19.3 Å². The first kappa shape index (κ1) is 25.9. The van der Waals surface area contributed by atoms with E-state index in [1.165, 1.54) is 0 Å². The molecule has 1 aromatic heterocycles. The number of aliphatic hydroxyl groups excluding tert-OH is 4. The van der Waals surface area contributed by atoms with E-state index in [0.29, 0.717) is 6.42 Å². The van der Waals surface area contributed by atoms with E-state index in [9.17, 15) is 20.4 Å². The summed E-state index contributed by atoms with van der Waals surface area (Å²) in [5.74, 6) is 0.919. The Balaban J connectivity index is 1.63. The van der Waals surface area contributed by atoms with Crippen LogP contribution in [0.4, 0.5) is 0 Å². The lowest BCUT2D eigenvalue weighted by molar-refractivity contribution is -0.278. The average Bonchev–Trinajstić information content (AvgIpc) is 3.32. The number of nitrogens with zero attached hydrogens (tertiary/aromatic N) is 2. The van der Waals surface area contributed by atoms with Crippen LogP contribution < -0.4 is 9.47 Å². The van der Waals surface area contributed by atoms with Crippen molar-refractivity contribution < 1.29 is 34.6 Å². The van der Waals surface area contributed by atoms with Crippen LogP contribution in [0.1, 0.15) is 11.1 Å². The van der Waals surface area contributed by atoms with Gasteiger partial charge < -0.3 is 34.6 Å². The number of aliphatic hydroxyl groups is 4. The standard InChI is InChI=1S/C29H30N2O7/c1-36-21-14-12-18(13-15-21)16-22-24(19-8-4-2-5-9-19)31(20-10-6-3-7-11-20)30-28(22)38-29-27(35)26(34)25(33)23(17-32)37-29/h2-15,23,25-27,29,32-35H,16-17H2,1H3/t23-,25-,26+,27-,29+/m1/s1. The Morgan fingerprint density at radius 2 is 1.50 bits per heavy atom. The Hall–Kier alpha value is -3.73. The molecule has 5 atom stereocenters. The molecule has 1 saturated heterocycles. The monoisotopic (exact) mass is 518 g/mol. The first-order valence-electron chi connectivity index (χ1n) is 12.3. The van der Waals surface area contributed by atoms with Crippen LogP contribution in [0.2, 0.25) is 0 Å². The summed E-state index contributed by atoms with van der Waals surface area (Å²) in [6.45, 7) is -0.558. The van der Waals surface area contributed by atoms with Crippen LogP contribution in [0, 0.1) is 0 Å². The fourth-order valence-corrected chi connectivity index (χ4v) is 4.56. The Bertz CT molecular complexity index is 1330. The molecular formula is C29H30N2O7. The molecule has 9 nitrogen and oxygen atoms in total. The number of methoxy groups -OCH3 is 1. The normalized spacial score (nSPS) is 23.2. The SMILES string of the molecule is COc1ccc(Cc2c(O[C@@H]3O[C@H](CO)[C@@H](O)[C@H](O)[C@H]3O)nn(-c3ccccc3)c2-c2ccccc2)cc1. The largest absolute Gasteiger partial charge is 0.497 e. The number of ether oxygens (including phenoxy) is 3. The third kappa shape index (κ3) is 5.15. The number of hydrogen-bond donors (Lipinski definition) is 4. The maximum absolute atomic E-state index is 10.6. The molecule has 5 rings (SSSR count). The highest BCUT2D eigenvalue weighted by Gasteiger charge is 2.45. The number of benzene rings is 3. The smallest absolute Gasteiger partial charge is 0.239 e. The quantitative estimate of drug-likeness (QED) is 0.280. The third-order valence-electron chi connectivity index (χ3n) is 6.61. The van der Waals surface area contributed by atoms with E-state index in [1.807, 2.05) is 84.9 Å². The Morgan fingerprint density at radius 1 is 0.842 bits per heavy atom. The molecule has 0 bridgehead atoms. The second-order valence-corrected chi connectivity index (χ2v) is 9.09. The second kappa shape index (κ2) is 11.3. The summed E-state index contributed by atoms with van der Waals surface area (Å²) in [7, 11) is 1.61. The molecule has 0 spiro atoms. The molecule has 1 aliphatic rings. The van der Waals surface area contributed by atoms with Crippen LogP contribution in [0.15, 0.2) is 84.9 Å². The summed E-state index contributed by atoms with van der Waals surface area (Å²) >= 11 is 0. The van der Waals surface area contributed by atoms with Gasteiger partial charge in [0.25, 0.3) is 0 Å². The van der Waals surface area contributed by atoms with Crippen molar-refractivity contribution in [3.63, 3.8) is 0 Å². The van der Waals surface area contributed by atoms with Crippen LogP contribution in [-0.4, -0.2) is 74.6 Å². The number of rotatable bonds is 8. The Kier molecular flexibility index (Phi) is 7.73. The van der Waals surface area contributed by atoms with Crippen molar-refractivity contribution in [2.75, 3.05) is 13.7 Å². The minimum absolute atomic E-state index is 0.188. The molecule has 1 fully saturated rings. The van der Waals surface area contributed by atoms with Gasteiger partial charge >= 0.3 is 0 Å². The van der Waals surface area contributed by atoms with Gasteiger partial charge in [0, 0.05) is 17.5 Å². The highest BCUT2D eigenvalue weighted by Crippen LogP contribution is 2.36. The fourth-order valence-electron chi connectivity index (χ4n) is 4.56. The topological polar surface area (TPSA) is 126 Å². The van der Waals surface area contributed by atoms with Gasteiger partial charge in [-0.2, -0.15) is 0 Å². The average molecular weight is 519 g/mol. The lowest BCUT2D eigenvalue weighted by atomic mass is 9.99. The summed E-state index contributed by atoms with van der Waals surface area (Å²) in [6.07, 6.45) is -6.68. The highest BCUT2D eigenvalue weighted by molar-refractivity contribution is 5.69. The van der Waals surface area contributed by atoms with Crippen molar-refractivity contribution in [3.8, 4) is 28.6 Å². The molecule has 4 aromatic rings. The van der Waals surface area contributed by atoms with Gasteiger partial charge in [-0.3, -0.25) is 0 Å². The minimum atomic E-state index is -1.57. The maximum atomic E-state index is 10.6. The van der Waals surface area contributed by atoms with E-state index in [-0.39, 0.29) is 5.88 Å². The number of para-hydroxylation sites is 1. The van der Waals surface area contributed by atoms with E-state index in [0.717, 1.165) is 33.8 Å². The zero-order valence-corrected chi connectivity index (χ0v) is 20.8. The van der Waals surface area contributed by atoms with E-state index >= 15 is 0 Å². The minimum Gasteiger partial charge on any atom is -0.497 e. The molecule has 0 saturated carbocycles. The van der Waals surface area contributed by atoms with Gasteiger partial charge in [-0.1, -0.05) is 60.7 Å². The molecule has 0 aliphatic carbocycles. The van der Waals surface area contributed by atoms with Crippen molar-refractivity contribution in [2.45, 2.75) is 37.1 Å². The van der Waals surface area contributed by atoms with Gasteiger partial charge in [0.2, 0.25) is 12.2 Å². The van der Waals surface area contributed by atoms with Crippen molar-refractivity contribution in [2.24, 2.45) is 0 Å². The van der Waals surface area contributed by atoms with Crippen molar-refractivity contribution in [3.05, 3.63) is 96.1 Å². The van der Waals surface area contributed by atoms with Crippen molar-refractivity contribution in [1.29, 1.82) is 0 Å². The molecule has 198 valence electrons. The Labute approximate surface area is 220 Å². The van der Waals surface area contributed by atoms with Crippen LogP contribution in [0.3, 0.4) is 0 Å². The molecule has 0 amide bonds. The summed E-state index contributed by atoms with van der Waals surface area (Å²) in [6, 6.07) is 27.0. The van der Waals surface area contributed by atoms with Gasteiger partial charge in [-0.25, -0.2) is 4.68 Å². The molecule has 0 radical (unpaired) electrons. The van der Waals surface area contributed by atoms with Gasteiger partial charge in [-0.15, -0.1) is 5.10 Å². The number of hydrogen-bond acceptors (Lipinski definition) is 8. The van der Waals surface area contributed by atoms with Crippen LogP contribution in [0.5, 0.6) is 11.6 Å². The zero-order valence-electron chi connectivity index (χ0n) is 20.8. The van der Waals surface area contributed by atoms with Crippen LogP contribution in [0.25, 0.3) is 16.9 Å². The third-order valence-corrected chi connectivity index (χ3v) is 6.61. The molecular weight excluding hydrogens is 488 g/mol. The van der Waals surface area contributed by atoms with Gasteiger partial charge in [-0.05, 0) is 29.8 Å². The van der Waals surface area contributed by atoms with Gasteiger partial charge in [0.1, 0.15) is 30.2 Å². The van der Waals surface area contributed by atoms with E-state index < -0.39 is 37.3 Å². The predicted octanol–water partition coefficient (Wildman–Crippen LogP) is 2.32. The van der Waals surface area contributed by atoms with Crippen LogP contribution >= 0.6 is 0 Å². The zero-order chi connectivity index (χ0) is 26.6. The summed E-state index contributed by atoms with van der Waals surface area (Å²) in [4.78, 5) is 0. The lowest BCUT2D eigenvalue weighted by Gasteiger charge is -2.39. The molecule has 3 aromatic carbocycles. The summed E-state index contributed by atoms with van der Waals surface area (Å²) in [5.41, 5.74) is 4.17. The predicted molar refractivity (Wildman–Crippen MR) is 139 cm³/mol. The number of aromatic nitrogens is 2. The molecule has 4 N–H and O–H groups in total. The Morgan fingerprint density at radius 3 is 2.13 bits per heavy atom. The fraction of sp³-hybridized carbons (Fsp3) is 0.276. The molecule has 9 heteroatoms. The highest BCUT2D eigenvalue weighted by atomic mass is 16.7. The van der Waals surface area contributed by atoms with Crippen LogP contribution in [-0.2, 0) is 11.2 Å².